The predicted octanol–water partition coefficient (Wildman–Crippen LogP) is 3.01. The Balaban J connectivity index is 2.79. The lowest BCUT2D eigenvalue weighted by molar-refractivity contribution is -0.137. The van der Waals surface area contributed by atoms with Crippen LogP contribution in [0.15, 0.2) is 18.2 Å². The molecule has 1 unspecified atom stereocenters. The monoisotopic (exact) mass is 257 g/mol. The zero-order valence-electron chi connectivity index (χ0n) is 9.87. The summed E-state index contributed by atoms with van der Waals surface area (Å²) in [7, 11) is 0. The van der Waals surface area contributed by atoms with E-state index in [-0.39, 0.29) is 0 Å². The SMILES string of the molecule is CCOc1ccc(NC(CC)C(=O)O)cc1Cl. The molecule has 0 aliphatic rings. The highest BCUT2D eigenvalue weighted by molar-refractivity contribution is 6.32. The van der Waals surface area contributed by atoms with Gasteiger partial charge in [0.05, 0.1) is 11.6 Å². The number of carboxylic acids is 1. The summed E-state index contributed by atoms with van der Waals surface area (Å²) in [5.41, 5.74) is 0.674. The summed E-state index contributed by atoms with van der Waals surface area (Å²) < 4.78 is 5.29. The molecule has 17 heavy (non-hydrogen) atoms. The molecule has 0 amide bonds. The summed E-state index contributed by atoms with van der Waals surface area (Å²) in [5, 5.41) is 12.3. The first kappa shape index (κ1) is 13.6. The number of anilines is 1. The minimum absolute atomic E-state index is 0.470. The van der Waals surface area contributed by atoms with Crippen LogP contribution in [0.25, 0.3) is 0 Å². The Hall–Kier alpha value is -1.42. The topological polar surface area (TPSA) is 58.6 Å². The van der Waals surface area contributed by atoms with E-state index < -0.39 is 12.0 Å². The van der Waals surface area contributed by atoms with Crippen molar-refractivity contribution in [1.82, 2.24) is 0 Å². The fourth-order valence-electron chi connectivity index (χ4n) is 1.40. The number of carboxylic acid groups (broad SMARTS) is 1. The molecule has 0 fully saturated rings. The van der Waals surface area contributed by atoms with E-state index >= 15 is 0 Å². The average molecular weight is 258 g/mol. The lowest BCUT2D eigenvalue weighted by atomic mass is 10.2. The highest BCUT2D eigenvalue weighted by Gasteiger charge is 2.14. The molecule has 4 nitrogen and oxygen atoms in total. The van der Waals surface area contributed by atoms with Gasteiger partial charge in [0.1, 0.15) is 11.8 Å². The molecule has 0 saturated carbocycles. The molecule has 94 valence electrons. The van der Waals surface area contributed by atoms with Crippen molar-refractivity contribution < 1.29 is 14.6 Å². The van der Waals surface area contributed by atoms with Crippen molar-refractivity contribution in [3.63, 3.8) is 0 Å². The zero-order valence-corrected chi connectivity index (χ0v) is 10.6. The Morgan fingerprint density at radius 1 is 1.53 bits per heavy atom. The minimum atomic E-state index is -0.877. The Kier molecular flexibility index (Phi) is 5.10. The molecule has 1 rings (SSSR count). The van der Waals surface area contributed by atoms with Crippen LogP contribution in [0.1, 0.15) is 20.3 Å². The summed E-state index contributed by atoms with van der Waals surface area (Å²) in [6.07, 6.45) is 0.500. The number of ether oxygens (including phenoxy) is 1. The Bertz CT molecular complexity index is 395. The van der Waals surface area contributed by atoms with Crippen LogP contribution in [0, 0.1) is 0 Å². The number of hydrogen-bond donors (Lipinski definition) is 2. The molecule has 0 saturated heterocycles. The maximum Gasteiger partial charge on any atom is 0.326 e. The van der Waals surface area contributed by atoms with E-state index in [2.05, 4.69) is 5.32 Å². The van der Waals surface area contributed by atoms with Crippen molar-refractivity contribution in [2.45, 2.75) is 26.3 Å². The number of nitrogens with one attached hydrogen (secondary N) is 1. The second-order valence-electron chi connectivity index (χ2n) is 3.52. The maximum absolute atomic E-state index is 10.9. The van der Waals surface area contributed by atoms with Gasteiger partial charge >= 0.3 is 5.97 Å². The van der Waals surface area contributed by atoms with Crippen molar-refractivity contribution in [2.24, 2.45) is 0 Å². The largest absolute Gasteiger partial charge is 0.492 e. The Morgan fingerprint density at radius 3 is 2.71 bits per heavy atom. The van der Waals surface area contributed by atoms with Gasteiger partial charge in [0.15, 0.2) is 0 Å². The van der Waals surface area contributed by atoms with E-state index in [1.165, 1.54) is 0 Å². The molecular weight excluding hydrogens is 242 g/mol. The lowest BCUT2D eigenvalue weighted by Crippen LogP contribution is -2.28. The van der Waals surface area contributed by atoms with E-state index in [4.69, 9.17) is 21.4 Å². The molecule has 1 aromatic carbocycles. The molecule has 1 aromatic rings. The van der Waals surface area contributed by atoms with E-state index in [1.807, 2.05) is 13.8 Å². The molecule has 0 radical (unpaired) electrons. The van der Waals surface area contributed by atoms with Gasteiger partial charge in [-0.2, -0.15) is 0 Å². The predicted molar refractivity (Wildman–Crippen MR) is 68.0 cm³/mol. The molecule has 0 aromatic heterocycles. The summed E-state index contributed by atoms with van der Waals surface area (Å²) in [6.45, 7) is 4.22. The molecule has 0 heterocycles. The molecule has 0 aliphatic carbocycles. The highest BCUT2D eigenvalue weighted by atomic mass is 35.5. The molecular formula is C12H16ClNO3. The summed E-state index contributed by atoms with van der Waals surface area (Å²) >= 11 is 6.00. The number of rotatable bonds is 6. The van der Waals surface area contributed by atoms with Crippen molar-refractivity contribution in [3.8, 4) is 5.75 Å². The van der Waals surface area contributed by atoms with Gasteiger partial charge in [0.25, 0.3) is 0 Å². The van der Waals surface area contributed by atoms with Crippen LogP contribution in [0.5, 0.6) is 5.75 Å². The van der Waals surface area contributed by atoms with Gasteiger partial charge in [-0.15, -0.1) is 0 Å². The van der Waals surface area contributed by atoms with Crippen LogP contribution in [0.3, 0.4) is 0 Å². The van der Waals surface area contributed by atoms with Crippen LogP contribution in [0.4, 0.5) is 5.69 Å². The molecule has 5 heteroatoms. The van der Waals surface area contributed by atoms with E-state index in [9.17, 15) is 4.79 Å². The zero-order chi connectivity index (χ0) is 12.8. The summed E-state index contributed by atoms with van der Waals surface area (Å²) in [5.74, 6) is -0.277. The van der Waals surface area contributed by atoms with E-state index in [1.54, 1.807) is 18.2 Å². The second-order valence-corrected chi connectivity index (χ2v) is 3.93. The van der Waals surface area contributed by atoms with Gasteiger partial charge in [-0.1, -0.05) is 18.5 Å². The molecule has 0 bridgehead atoms. The van der Waals surface area contributed by atoms with Crippen LogP contribution in [-0.2, 0) is 4.79 Å². The van der Waals surface area contributed by atoms with Crippen LogP contribution >= 0.6 is 11.6 Å². The number of halogens is 1. The van der Waals surface area contributed by atoms with Gasteiger partial charge in [0.2, 0.25) is 0 Å². The Morgan fingerprint density at radius 2 is 2.24 bits per heavy atom. The first-order chi connectivity index (χ1) is 8.08. The quantitative estimate of drug-likeness (QED) is 0.823. The van der Waals surface area contributed by atoms with Crippen LogP contribution in [-0.4, -0.2) is 23.7 Å². The normalized spacial score (nSPS) is 11.9. The Labute approximate surface area is 106 Å². The number of hydrogen-bond acceptors (Lipinski definition) is 3. The maximum atomic E-state index is 10.9. The standard InChI is InChI=1S/C12H16ClNO3/c1-3-10(12(15)16)14-8-5-6-11(17-4-2)9(13)7-8/h5-7,10,14H,3-4H2,1-2H3,(H,15,16). The first-order valence-corrected chi connectivity index (χ1v) is 5.88. The molecule has 1 atom stereocenters. The van der Waals surface area contributed by atoms with Gasteiger partial charge in [-0.3, -0.25) is 0 Å². The number of carbonyl (C=O) groups is 1. The number of aliphatic carboxylic acids is 1. The van der Waals surface area contributed by atoms with Crippen molar-refractivity contribution in [2.75, 3.05) is 11.9 Å². The van der Waals surface area contributed by atoms with Gasteiger partial charge in [-0.05, 0) is 31.5 Å². The third-order valence-electron chi connectivity index (χ3n) is 2.28. The number of benzene rings is 1. The fraction of sp³-hybridized carbons (Fsp3) is 0.417. The van der Waals surface area contributed by atoms with Crippen molar-refractivity contribution in [3.05, 3.63) is 23.2 Å². The molecule has 0 spiro atoms. The third-order valence-corrected chi connectivity index (χ3v) is 2.57. The van der Waals surface area contributed by atoms with Gasteiger partial charge in [-0.25, -0.2) is 4.79 Å². The van der Waals surface area contributed by atoms with Crippen LogP contribution in [0.2, 0.25) is 5.02 Å². The van der Waals surface area contributed by atoms with Crippen LogP contribution < -0.4 is 10.1 Å². The second kappa shape index (κ2) is 6.35. The minimum Gasteiger partial charge on any atom is -0.492 e. The van der Waals surface area contributed by atoms with E-state index in [0.717, 1.165) is 0 Å². The van der Waals surface area contributed by atoms with Crippen molar-refractivity contribution >= 4 is 23.3 Å². The lowest BCUT2D eigenvalue weighted by Gasteiger charge is -2.14. The smallest absolute Gasteiger partial charge is 0.326 e. The van der Waals surface area contributed by atoms with Gasteiger partial charge < -0.3 is 15.2 Å². The fourth-order valence-corrected chi connectivity index (χ4v) is 1.64. The average Bonchev–Trinajstić information content (AvgIpc) is 2.29. The van der Waals surface area contributed by atoms with Crippen molar-refractivity contribution in [1.29, 1.82) is 0 Å². The summed E-state index contributed by atoms with van der Waals surface area (Å²) in [6, 6.07) is 4.53. The van der Waals surface area contributed by atoms with E-state index in [0.29, 0.717) is 29.5 Å². The first-order valence-electron chi connectivity index (χ1n) is 5.50. The molecule has 0 aliphatic heterocycles. The third kappa shape index (κ3) is 3.82. The highest BCUT2D eigenvalue weighted by Crippen LogP contribution is 2.28. The summed E-state index contributed by atoms with van der Waals surface area (Å²) in [4.78, 5) is 10.9. The van der Waals surface area contributed by atoms with Gasteiger partial charge in [0, 0.05) is 5.69 Å². The molecule has 2 N–H and O–H groups in total.